The molecule has 3 nitrogen and oxygen atoms in total. The molecular weight excluding hydrogens is 237 g/mol. The van der Waals surface area contributed by atoms with E-state index in [0.29, 0.717) is 13.1 Å². The van der Waals surface area contributed by atoms with Crippen LogP contribution < -0.4 is 11.1 Å². The van der Waals surface area contributed by atoms with Crippen molar-refractivity contribution in [3.8, 4) is 0 Å². The number of aryl methyl sites for hydroxylation is 1. The lowest BCUT2D eigenvalue weighted by atomic mass is 10.2. The second kappa shape index (κ2) is 5.25. The van der Waals surface area contributed by atoms with E-state index in [1.54, 1.807) is 17.4 Å². The first-order valence-electron chi connectivity index (χ1n) is 5.31. The van der Waals surface area contributed by atoms with E-state index in [-0.39, 0.29) is 11.5 Å². The summed E-state index contributed by atoms with van der Waals surface area (Å²) in [5.74, 6) is -0.366. The third-order valence-electron chi connectivity index (χ3n) is 2.34. The lowest BCUT2D eigenvalue weighted by molar-refractivity contribution is 0.624. The number of nitrogens with zero attached hydrogens (tertiary/aromatic N) is 1. The van der Waals surface area contributed by atoms with Crippen LogP contribution in [0.4, 0.5) is 10.1 Å². The molecule has 2 aromatic rings. The fourth-order valence-electron chi connectivity index (χ4n) is 1.48. The first kappa shape index (κ1) is 12.0. The molecule has 0 fully saturated rings. The molecule has 0 bridgehead atoms. The van der Waals surface area contributed by atoms with E-state index in [1.165, 1.54) is 10.9 Å². The molecule has 90 valence electrons. The summed E-state index contributed by atoms with van der Waals surface area (Å²) in [4.78, 5) is 5.44. The Labute approximate surface area is 103 Å². The summed E-state index contributed by atoms with van der Waals surface area (Å²) in [6.07, 6.45) is 1.85. The molecule has 5 heteroatoms. The number of hydrogen-bond acceptors (Lipinski definition) is 4. The molecule has 0 atom stereocenters. The number of benzene rings is 1. The van der Waals surface area contributed by atoms with Gasteiger partial charge in [-0.25, -0.2) is 9.37 Å². The molecule has 1 aromatic carbocycles. The number of halogens is 1. The lowest BCUT2D eigenvalue weighted by Crippen LogP contribution is -2.12. The number of anilines is 1. The Morgan fingerprint density at radius 3 is 2.88 bits per heavy atom. The smallest absolute Gasteiger partial charge is 0.146 e. The molecule has 0 radical (unpaired) electrons. The molecule has 17 heavy (non-hydrogen) atoms. The lowest BCUT2D eigenvalue weighted by Gasteiger charge is -2.04. The minimum Gasteiger partial charge on any atom is -0.396 e. The van der Waals surface area contributed by atoms with Gasteiger partial charge in [-0.1, -0.05) is 6.07 Å². The SMILES string of the molecule is Cc1cnc(CNCc2ccc(N)c(F)c2)s1. The van der Waals surface area contributed by atoms with E-state index < -0.39 is 0 Å². The van der Waals surface area contributed by atoms with Crippen LogP contribution in [0.1, 0.15) is 15.4 Å². The van der Waals surface area contributed by atoms with Crippen molar-refractivity contribution in [3.63, 3.8) is 0 Å². The van der Waals surface area contributed by atoms with Gasteiger partial charge in [0.1, 0.15) is 10.8 Å². The Morgan fingerprint density at radius 1 is 1.41 bits per heavy atom. The number of rotatable bonds is 4. The first-order chi connectivity index (χ1) is 8.15. The predicted octanol–water partition coefficient (Wildman–Crippen LogP) is 2.46. The Balaban J connectivity index is 1.87. The van der Waals surface area contributed by atoms with E-state index >= 15 is 0 Å². The summed E-state index contributed by atoms with van der Waals surface area (Å²) < 4.78 is 13.2. The number of thiazole rings is 1. The summed E-state index contributed by atoms with van der Waals surface area (Å²) in [7, 11) is 0. The number of hydrogen-bond donors (Lipinski definition) is 2. The molecule has 0 amide bonds. The van der Waals surface area contributed by atoms with Gasteiger partial charge in [-0.2, -0.15) is 0 Å². The summed E-state index contributed by atoms with van der Waals surface area (Å²) in [6, 6.07) is 4.85. The molecular formula is C12H14FN3S. The largest absolute Gasteiger partial charge is 0.396 e. The van der Waals surface area contributed by atoms with Gasteiger partial charge in [-0.3, -0.25) is 0 Å². The molecule has 0 saturated heterocycles. The van der Waals surface area contributed by atoms with E-state index in [4.69, 9.17) is 5.73 Å². The number of nitrogen functional groups attached to an aromatic ring is 1. The second-order valence-electron chi connectivity index (χ2n) is 3.82. The van der Waals surface area contributed by atoms with Crippen LogP contribution in [0.25, 0.3) is 0 Å². The molecule has 0 aliphatic carbocycles. The molecule has 0 unspecified atom stereocenters. The Hall–Kier alpha value is -1.46. The Morgan fingerprint density at radius 2 is 2.24 bits per heavy atom. The van der Waals surface area contributed by atoms with E-state index in [9.17, 15) is 4.39 Å². The van der Waals surface area contributed by atoms with Crippen LogP contribution in [0.5, 0.6) is 0 Å². The monoisotopic (exact) mass is 251 g/mol. The Kier molecular flexibility index (Phi) is 3.71. The fourth-order valence-corrected chi connectivity index (χ4v) is 2.23. The molecule has 0 aliphatic heterocycles. The van der Waals surface area contributed by atoms with Gasteiger partial charge in [-0.15, -0.1) is 11.3 Å². The molecule has 3 N–H and O–H groups in total. The maximum Gasteiger partial charge on any atom is 0.146 e. The molecule has 1 aromatic heterocycles. The van der Waals surface area contributed by atoms with Crippen LogP contribution in [0.3, 0.4) is 0 Å². The minimum absolute atomic E-state index is 0.185. The minimum atomic E-state index is -0.366. The summed E-state index contributed by atoms with van der Waals surface area (Å²) in [5.41, 5.74) is 6.47. The molecule has 1 heterocycles. The van der Waals surface area contributed by atoms with Crippen LogP contribution in [0.2, 0.25) is 0 Å². The van der Waals surface area contributed by atoms with Crippen molar-refractivity contribution in [3.05, 3.63) is 45.7 Å². The van der Waals surface area contributed by atoms with Crippen molar-refractivity contribution in [2.45, 2.75) is 20.0 Å². The van der Waals surface area contributed by atoms with Gasteiger partial charge in [-0.05, 0) is 24.6 Å². The zero-order valence-electron chi connectivity index (χ0n) is 9.53. The average molecular weight is 251 g/mol. The van der Waals surface area contributed by atoms with Gasteiger partial charge in [0.2, 0.25) is 0 Å². The van der Waals surface area contributed by atoms with Gasteiger partial charge in [0.15, 0.2) is 0 Å². The van der Waals surface area contributed by atoms with Gasteiger partial charge >= 0.3 is 0 Å². The molecule has 0 saturated carbocycles. The van der Waals surface area contributed by atoms with E-state index in [1.807, 2.05) is 19.2 Å². The highest BCUT2D eigenvalue weighted by atomic mass is 32.1. The fraction of sp³-hybridized carbons (Fsp3) is 0.250. The predicted molar refractivity (Wildman–Crippen MR) is 68.2 cm³/mol. The average Bonchev–Trinajstić information content (AvgIpc) is 2.70. The Bertz CT molecular complexity index is 510. The first-order valence-corrected chi connectivity index (χ1v) is 6.13. The maximum absolute atomic E-state index is 13.2. The van der Waals surface area contributed by atoms with Crippen molar-refractivity contribution < 1.29 is 4.39 Å². The van der Waals surface area contributed by atoms with Gasteiger partial charge in [0.05, 0.1) is 5.69 Å². The molecule has 2 rings (SSSR count). The maximum atomic E-state index is 13.2. The quantitative estimate of drug-likeness (QED) is 0.821. The van der Waals surface area contributed by atoms with Crippen LogP contribution in [0.15, 0.2) is 24.4 Å². The zero-order chi connectivity index (χ0) is 12.3. The highest BCUT2D eigenvalue weighted by Crippen LogP contribution is 2.13. The summed E-state index contributed by atoms with van der Waals surface area (Å²) in [6.45, 7) is 3.33. The van der Waals surface area contributed by atoms with Crippen molar-refractivity contribution in [1.29, 1.82) is 0 Å². The highest BCUT2D eigenvalue weighted by Gasteiger charge is 2.01. The van der Waals surface area contributed by atoms with Crippen LogP contribution in [-0.4, -0.2) is 4.98 Å². The standard InChI is InChI=1S/C12H14FN3S/c1-8-5-16-12(17-8)7-15-6-9-2-3-11(14)10(13)4-9/h2-5,15H,6-7,14H2,1H3. The van der Waals surface area contributed by atoms with Crippen molar-refractivity contribution in [2.75, 3.05) is 5.73 Å². The zero-order valence-corrected chi connectivity index (χ0v) is 10.4. The van der Waals surface area contributed by atoms with Crippen molar-refractivity contribution in [2.24, 2.45) is 0 Å². The third kappa shape index (κ3) is 3.25. The number of nitrogens with one attached hydrogen (secondary N) is 1. The third-order valence-corrected chi connectivity index (χ3v) is 3.25. The van der Waals surface area contributed by atoms with Crippen LogP contribution in [-0.2, 0) is 13.1 Å². The van der Waals surface area contributed by atoms with Crippen molar-refractivity contribution >= 4 is 17.0 Å². The van der Waals surface area contributed by atoms with Gasteiger partial charge in [0, 0.05) is 24.2 Å². The van der Waals surface area contributed by atoms with E-state index in [0.717, 1.165) is 10.6 Å². The summed E-state index contributed by atoms with van der Waals surface area (Å²) in [5, 5.41) is 4.26. The summed E-state index contributed by atoms with van der Waals surface area (Å²) >= 11 is 1.66. The number of nitrogens with two attached hydrogens (primary N) is 1. The van der Waals surface area contributed by atoms with Gasteiger partial charge in [0.25, 0.3) is 0 Å². The number of aromatic nitrogens is 1. The van der Waals surface area contributed by atoms with Crippen LogP contribution >= 0.6 is 11.3 Å². The second-order valence-corrected chi connectivity index (χ2v) is 5.14. The van der Waals surface area contributed by atoms with Gasteiger partial charge < -0.3 is 11.1 Å². The molecule has 0 aliphatic rings. The normalized spacial score (nSPS) is 10.7. The highest BCUT2D eigenvalue weighted by molar-refractivity contribution is 7.11. The topological polar surface area (TPSA) is 50.9 Å². The van der Waals surface area contributed by atoms with Crippen molar-refractivity contribution in [1.82, 2.24) is 10.3 Å². The van der Waals surface area contributed by atoms with E-state index in [2.05, 4.69) is 10.3 Å². The molecule has 0 spiro atoms. The van der Waals surface area contributed by atoms with Crippen LogP contribution in [0, 0.1) is 12.7 Å².